The molecular formula is C10H19NO. The second kappa shape index (κ2) is 2.05. The van der Waals surface area contributed by atoms with E-state index in [1.807, 2.05) is 0 Å². The Labute approximate surface area is 74.1 Å². The second-order valence-corrected chi connectivity index (χ2v) is 5.21. The van der Waals surface area contributed by atoms with Gasteiger partial charge < -0.3 is 10.8 Å². The molecule has 0 amide bonds. The first-order chi connectivity index (χ1) is 5.54. The first-order valence-electron chi connectivity index (χ1n) is 4.85. The number of aliphatic hydroxyl groups excluding tert-OH is 1. The molecule has 3 N–H and O–H groups in total. The van der Waals surface area contributed by atoms with Crippen molar-refractivity contribution in [3.05, 3.63) is 0 Å². The zero-order valence-electron chi connectivity index (χ0n) is 8.06. The third kappa shape index (κ3) is 0.728. The summed E-state index contributed by atoms with van der Waals surface area (Å²) in [5, 5.41) is 9.30. The molecule has 0 aromatic rings. The van der Waals surface area contributed by atoms with E-state index < -0.39 is 0 Å². The summed E-state index contributed by atoms with van der Waals surface area (Å²) < 4.78 is 0. The van der Waals surface area contributed by atoms with Crippen molar-refractivity contribution in [1.82, 2.24) is 0 Å². The molecule has 2 nitrogen and oxygen atoms in total. The molecule has 0 aromatic carbocycles. The molecule has 2 heteroatoms. The van der Waals surface area contributed by atoms with Gasteiger partial charge in [0.15, 0.2) is 0 Å². The van der Waals surface area contributed by atoms with E-state index in [4.69, 9.17) is 5.73 Å². The molecule has 2 saturated carbocycles. The zero-order chi connectivity index (χ0) is 9.04. The number of nitrogens with two attached hydrogens (primary N) is 1. The van der Waals surface area contributed by atoms with E-state index >= 15 is 0 Å². The van der Waals surface area contributed by atoms with Crippen LogP contribution in [0.25, 0.3) is 0 Å². The predicted octanol–water partition coefficient (Wildman–Crippen LogP) is 1.13. The van der Waals surface area contributed by atoms with Crippen molar-refractivity contribution >= 4 is 0 Å². The van der Waals surface area contributed by atoms with Crippen LogP contribution in [-0.2, 0) is 0 Å². The van der Waals surface area contributed by atoms with Gasteiger partial charge in [-0.05, 0) is 30.1 Å². The third-order valence-electron chi connectivity index (χ3n) is 4.76. The molecule has 2 fully saturated rings. The number of aliphatic hydroxyl groups is 1. The fourth-order valence-electron chi connectivity index (χ4n) is 2.82. The van der Waals surface area contributed by atoms with E-state index in [1.54, 1.807) is 0 Å². The van der Waals surface area contributed by atoms with E-state index in [0.717, 1.165) is 6.42 Å². The predicted molar refractivity (Wildman–Crippen MR) is 48.6 cm³/mol. The highest BCUT2D eigenvalue weighted by Gasteiger charge is 2.73. The Morgan fingerprint density at radius 2 is 1.92 bits per heavy atom. The molecule has 0 aromatic heterocycles. The zero-order valence-corrected chi connectivity index (χ0v) is 8.06. The molecule has 2 aliphatic rings. The lowest BCUT2D eigenvalue weighted by atomic mass is 9.81. The van der Waals surface area contributed by atoms with Gasteiger partial charge in [-0.2, -0.15) is 0 Å². The topological polar surface area (TPSA) is 46.2 Å². The van der Waals surface area contributed by atoms with Gasteiger partial charge in [0.25, 0.3) is 0 Å². The molecule has 0 bridgehead atoms. The van der Waals surface area contributed by atoms with Gasteiger partial charge in [-0.3, -0.25) is 0 Å². The fraction of sp³-hybridized carbons (Fsp3) is 1.00. The highest BCUT2D eigenvalue weighted by atomic mass is 16.3. The van der Waals surface area contributed by atoms with Crippen molar-refractivity contribution in [1.29, 1.82) is 0 Å². The van der Waals surface area contributed by atoms with Crippen molar-refractivity contribution in [2.24, 2.45) is 22.0 Å². The van der Waals surface area contributed by atoms with Crippen LogP contribution in [0.2, 0.25) is 0 Å². The van der Waals surface area contributed by atoms with Gasteiger partial charge in [-0.15, -0.1) is 0 Å². The molecule has 2 atom stereocenters. The number of rotatable bonds is 3. The molecule has 0 heterocycles. The molecule has 2 unspecified atom stereocenters. The molecule has 2 rings (SSSR count). The van der Waals surface area contributed by atoms with E-state index in [0.29, 0.717) is 17.4 Å². The van der Waals surface area contributed by atoms with Crippen LogP contribution < -0.4 is 5.73 Å². The summed E-state index contributed by atoms with van der Waals surface area (Å²) in [6, 6.07) is 0. The summed E-state index contributed by atoms with van der Waals surface area (Å²) in [5.41, 5.74) is 6.62. The van der Waals surface area contributed by atoms with Gasteiger partial charge >= 0.3 is 0 Å². The fourth-order valence-corrected chi connectivity index (χ4v) is 2.82. The van der Waals surface area contributed by atoms with Gasteiger partial charge in [-0.1, -0.05) is 13.8 Å². The summed E-state index contributed by atoms with van der Waals surface area (Å²) >= 11 is 0. The quantitative estimate of drug-likeness (QED) is 0.665. The summed E-state index contributed by atoms with van der Waals surface area (Å²) in [6.07, 6.45) is 3.78. The standard InChI is InChI=1S/C10H19NO/c1-8(3-4-8)9(2)5-10(9,6-11)7-12/h12H,3-7,11H2,1-2H3. The maximum atomic E-state index is 9.30. The van der Waals surface area contributed by atoms with E-state index in [2.05, 4.69) is 13.8 Å². The van der Waals surface area contributed by atoms with Crippen molar-refractivity contribution in [3.63, 3.8) is 0 Å². The molecule has 0 saturated heterocycles. The van der Waals surface area contributed by atoms with Crippen LogP contribution in [0, 0.1) is 16.2 Å². The SMILES string of the molecule is CC1(C2(C)CC2(CN)CO)CC1. The summed E-state index contributed by atoms with van der Waals surface area (Å²) in [4.78, 5) is 0. The van der Waals surface area contributed by atoms with Crippen LogP contribution in [-0.4, -0.2) is 18.3 Å². The minimum atomic E-state index is 0.0677. The lowest BCUT2D eigenvalue weighted by molar-refractivity contribution is 0.147. The van der Waals surface area contributed by atoms with E-state index in [9.17, 15) is 5.11 Å². The molecule has 2 aliphatic carbocycles. The van der Waals surface area contributed by atoms with Gasteiger partial charge in [0.1, 0.15) is 0 Å². The van der Waals surface area contributed by atoms with Crippen molar-refractivity contribution < 1.29 is 5.11 Å². The van der Waals surface area contributed by atoms with Crippen LogP contribution in [0.4, 0.5) is 0 Å². The average Bonchev–Trinajstić information content (AvgIpc) is 2.91. The number of hydrogen-bond donors (Lipinski definition) is 2. The minimum Gasteiger partial charge on any atom is -0.396 e. The molecule has 70 valence electrons. The lowest BCUT2D eigenvalue weighted by Crippen LogP contribution is -2.29. The highest BCUT2D eigenvalue weighted by molar-refractivity contribution is 5.22. The summed E-state index contributed by atoms with van der Waals surface area (Å²) in [5.74, 6) is 0. The van der Waals surface area contributed by atoms with Crippen LogP contribution in [0.15, 0.2) is 0 Å². The monoisotopic (exact) mass is 169 g/mol. The van der Waals surface area contributed by atoms with Gasteiger partial charge in [-0.25, -0.2) is 0 Å². The first kappa shape index (κ1) is 8.52. The third-order valence-corrected chi connectivity index (χ3v) is 4.76. The van der Waals surface area contributed by atoms with Gasteiger partial charge in [0, 0.05) is 12.0 Å². The van der Waals surface area contributed by atoms with Gasteiger partial charge in [0.2, 0.25) is 0 Å². The van der Waals surface area contributed by atoms with E-state index in [1.165, 1.54) is 12.8 Å². The molecule has 0 radical (unpaired) electrons. The van der Waals surface area contributed by atoms with Crippen molar-refractivity contribution in [2.75, 3.05) is 13.2 Å². The van der Waals surface area contributed by atoms with Crippen LogP contribution in [0.3, 0.4) is 0 Å². The Balaban J connectivity index is 2.17. The molecule has 12 heavy (non-hydrogen) atoms. The van der Waals surface area contributed by atoms with Crippen molar-refractivity contribution in [2.45, 2.75) is 33.1 Å². The maximum absolute atomic E-state index is 9.30. The molecule has 0 aliphatic heterocycles. The smallest absolute Gasteiger partial charge is 0.0505 e. The van der Waals surface area contributed by atoms with Crippen molar-refractivity contribution in [3.8, 4) is 0 Å². The summed E-state index contributed by atoms with van der Waals surface area (Å²) in [7, 11) is 0. The average molecular weight is 169 g/mol. The first-order valence-corrected chi connectivity index (χ1v) is 4.85. The maximum Gasteiger partial charge on any atom is 0.0505 e. The number of hydrogen-bond acceptors (Lipinski definition) is 2. The van der Waals surface area contributed by atoms with Crippen LogP contribution in [0.5, 0.6) is 0 Å². The summed E-state index contributed by atoms with van der Waals surface area (Å²) in [6.45, 7) is 5.55. The van der Waals surface area contributed by atoms with E-state index in [-0.39, 0.29) is 12.0 Å². The largest absolute Gasteiger partial charge is 0.396 e. The molecular weight excluding hydrogens is 150 g/mol. The van der Waals surface area contributed by atoms with Crippen LogP contribution >= 0.6 is 0 Å². The lowest BCUT2D eigenvalue weighted by Gasteiger charge is -2.25. The second-order valence-electron chi connectivity index (χ2n) is 5.21. The Morgan fingerprint density at radius 1 is 1.33 bits per heavy atom. The molecule has 0 spiro atoms. The normalized spacial score (nSPS) is 49.0. The van der Waals surface area contributed by atoms with Crippen LogP contribution in [0.1, 0.15) is 33.1 Å². The van der Waals surface area contributed by atoms with Gasteiger partial charge in [0.05, 0.1) is 6.61 Å². The Kier molecular flexibility index (Phi) is 1.45. The highest BCUT2D eigenvalue weighted by Crippen LogP contribution is 2.78. The Bertz CT molecular complexity index is 206. The Hall–Kier alpha value is -0.0800. The Morgan fingerprint density at radius 3 is 2.17 bits per heavy atom. The minimum absolute atomic E-state index is 0.0677.